The SMILES string of the molecule is O=C(O)CCC(=O)OC1=CCc2c(ccc3c4c(ccc23)=CC=C4)=C1. The number of carboxylic acids is 1. The van der Waals surface area contributed by atoms with Crippen LogP contribution in [0.15, 0.2) is 42.2 Å². The number of carbonyl (C=O) groups is 2. The van der Waals surface area contributed by atoms with Crippen LogP contribution in [-0.2, 0) is 20.7 Å². The van der Waals surface area contributed by atoms with Gasteiger partial charge in [0.05, 0.1) is 12.8 Å². The normalized spacial score (nSPS) is 14.2. The predicted molar refractivity (Wildman–Crippen MR) is 95.9 cm³/mol. The number of esters is 1. The molecule has 2 aromatic carbocycles. The Hall–Kier alpha value is -3.14. The molecule has 0 bridgehead atoms. The summed E-state index contributed by atoms with van der Waals surface area (Å²) >= 11 is 0. The van der Waals surface area contributed by atoms with Crippen molar-refractivity contribution in [2.24, 2.45) is 0 Å². The van der Waals surface area contributed by atoms with Crippen molar-refractivity contribution in [3.05, 3.63) is 63.7 Å². The van der Waals surface area contributed by atoms with Crippen molar-refractivity contribution in [1.82, 2.24) is 0 Å². The van der Waals surface area contributed by atoms with Crippen LogP contribution in [0.1, 0.15) is 24.0 Å². The average molecular weight is 332 g/mol. The minimum atomic E-state index is -1.01. The van der Waals surface area contributed by atoms with E-state index in [4.69, 9.17) is 9.84 Å². The van der Waals surface area contributed by atoms with Crippen molar-refractivity contribution >= 4 is 40.9 Å². The highest BCUT2D eigenvalue weighted by molar-refractivity contribution is 5.96. The highest BCUT2D eigenvalue weighted by Crippen LogP contribution is 2.23. The fourth-order valence-corrected chi connectivity index (χ4v) is 3.34. The summed E-state index contributed by atoms with van der Waals surface area (Å²) < 4.78 is 5.27. The second-order valence-corrected chi connectivity index (χ2v) is 6.15. The maximum Gasteiger partial charge on any atom is 0.311 e. The van der Waals surface area contributed by atoms with Crippen molar-refractivity contribution in [3.63, 3.8) is 0 Å². The summed E-state index contributed by atoms with van der Waals surface area (Å²) in [6.07, 6.45) is 10.3. The molecule has 2 aromatic rings. The zero-order valence-corrected chi connectivity index (χ0v) is 13.5. The van der Waals surface area contributed by atoms with Crippen LogP contribution in [0.5, 0.6) is 0 Å². The van der Waals surface area contributed by atoms with E-state index in [2.05, 4.69) is 36.4 Å². The van der Waals surface area contributed by atoms with Gasteiger partial charge in [-0.2, -0.15) is 0 Å². The third-order valence-electron chi connectivity index (χ3n) is 4.54. The van der Waals surface area contributed by atoms with Gasteiger partial charge in [0, 0.05) is 0 Å². The van der Waals surface area contributed by atoms with Crippen LogP contribution >= 0.6 is 0 Å². The molecule has 0 aliphatic heterocycles. The molecule has 0 radical (unpaired) electrons. The Morgan fingerprint density at radius 3 is 2.68 bits per heavy atom. The number of ether oxygens (including phenoxy) is 1. The largest absolute Gasteiger partial charge is 0.481 e. The van der Waals surface area contributed by atoms with Crippen molar-refractivity contribution in [1.29, 1.82) is 0 Å². The minimum absolute atomic E-state index is 0.125. The summed E-state index contributed by atoms with van der Waals surface area (Å²) in [4.78, 5) is 22.2. The van der Waals surface area contributed by atoms with E-state index in [1.165, 1.54) is 27.1 Å². The summed E-state index contributed by atoms with van der Waals surface area (Å²) in [6, 6.07) is 8.41. The van der Waals surface area contributed by atoms with Crippen molar-refractivity contribution in [2.75, 3.05) is 0 Å². The van der Waals surface area contributed by atoms with Crippen molar-refractivity contribution in [3.8, 4) is 0 Å². The first kappa shape index (κ1) is 15.4. The first-order valence-electron chi connectivity index (χ1n) is 8.19. The molecular formula is C21H16O4. The molecule has 124 valence electrons. The zero-order chi connectivity index (χ0) is 17.4. The Kier molecular flexibility index (Phi) is 3.73. The molecule has 25 heavy (non-hydrogen) atoms. The average Bonchev–Trinajstić information content (AvgIpc) is 3.08. The molecule has 2 aliphatic rings. The Morgan fingerprint density at radius 2 is 1.84 bits per heavy atom. The molecule has 0 aromatic heterocycles. The van der Waals surface area contributed by atoms with Gasteiger partial charge in [0.25, 0.3) is 0 Å². The van der Waals surface area contributed by atoms with Gasteiger partial charge in [-0.25, -0.2) is 0 Å². The number of carbonyl (C=O) groups excluding carboxylic acids is 1. The number of benzene rings is 2. The Morgan fingerprint density at radius 1 is 1.04 bits per heavy atom. The smallest absolute Gasteiger partial charge is 0.311 e. The van der Waals surface area contributed by atoms with Gasteiger partial charge in [-0.15, -0.1) is 0 Å². The third-order valence-corrected chi connectivity index (χ3v) is 4.54. The van der Waals surface area contributed by atoms with Gasteiger partial charge in [0.2, 0.25) is 0 Å². The molecule has 0 unspecified atom stereocenters. The lowest BCUT2D eigenvalue weighted by molar-refractivity contribution is -0.144. The molecule has 0 atom stereocenters. The molecule has 0 fully saturated rings. The van der Waals surface area contributed by atoms with Crippen LogP contribution < -0.4 is 10.4 Å². The topological polar surface area (TPSA) is 63.6 Å². The fourth-order valence-electron chi connectivity index (χ4n) is 3.34. The first-order chi connectivity index (χ1) is 12.1. The van der Waals surface area contributed by atoms with E-state index in [9.17, 15) is 9.59 Å². The molecular weight excluding hydrogens is 316 g/mol. The number of fused-ring (bicyclic) bond motifs is 5. The zero-order valence-electron chi connectivity index (χ0n) is 13.5. The van der Waals surface area contributed by atoms with E-state index in [-0.39, 0.29) is 12.8 Å². The van der Waals surface area contributed by atoms with Gasteiger partial charge < -0.3 is 9.84 Å². The highest BCUT2D eigenvalue weighted by Gasteiger charge is 2.14. The van der Waals surface area contributed by atoms with Crippen LogP contribution in [0, 0.1) is 0 Å². The maximum atomic E-state index is 11.7. The minimum Gasteiger partial charge on any atom is -0.481 e. The summed E-state index contributed by atoms with van der Waals surface area (Å²) in [5.74, 6) is -1.04. The Labute approximate surface area is 144 Å². The maximum absolute atomic E-state index is 11.7. The second kappa shape index (κ2) is 6.06. The molecule has 4 rings (SSSR count). The molecule has 0 heterocycles. The van der Waals surface area contributed by atoms with Crippen molar-refractivity contribution in [2.45, 2.75) is 19.3 Å². The Bertz CT molecular complexity index is 1090. The highest BCUT2D eigenvalue weighted by atomic mass is 16.5. The summed E-state index contributed by atoms with van der Waals surface area (Å²) in [5, 5.41) is 13.3. The van der Waals surface area contributed by atoms with Gasteiger partial charge in [0.1, 0.15) is 5.76 Å². The van der Waals surface area contributed by atoms with Crippen LogP contribution in [-0.4, -0.2) is 17.0 Å². The Balaban J connectivity index is 1.66. The monoisotopic (exact) mass is 332 g/mol. The van der Waals surface area contributed by atoms with Gasteiger partial charge in [-0.1, -0.05) is 42.5 Å². The lowest BCUT2D eigenvalue weighted by Crippen LogP contribution is -2.16. The van der Waals surface area contributed by atoms with Crippen LogP contribution in [0.2, 0.25) is 0 Å². The number of hydrogen-bond donors (Lipinski definition) is 1. The van der Waals surface area contributed by atoms with Gasteiger partial charge >= 0.3 is 11.9 Å². The van der Waals surface area contributed by atoms with Gasteiger partial charge in [-0.05, 0) is 50.9 Å². The molecule has 1 N–H and O–H groups in total. The second-order valence-electron chi connectivity index (χ2n) is 6.15. The summed E-state index contributed by atoms with van der Waals surface area (Å²) in [7, 11) is 0. The molecule has 4 nitrogen and oxygen atoms in total. The third kappa shape index (κ3) is 2.87. The number of allylic oxidation sites excluding steroid dienone is 3. The quantitative estimate of drug-likeness (QED) is 0.873. The van der Waals surface area contributed by atoms with E-state index in [1.54, 1.807) is 0 Å². The van der Waals surface area contributed by atoms with Gasteiger partial charge in [0.15, 0.2) is 0 Å². The summed E-state index contributed by atoms with van der Waals surface area (Å²) in [5.41, 5.74) is 2.46. The standard InChI is InChI=1S/C21H16O4/c22-20(23)10-11-21(24)25-15-6-9-17-14(12-15)5-8-18-16-3-1-2-13(16)4-7-19(17)18/h1-8,12H,9-11H2,(H,22,23). The van der Waals surface area contributed by atoms with E-state index in [1.807, 2.05) is 18.2 Å². The van der Waals surface area contributed by atoms with Crippen LogP contribution in [0.25, 0.3) is 29.0 Å². The first-order valence-corrected chi connectivity index (χ1v) is 8.19. The molecule has 0 spiro atoms. The number of aliphatic carboxylic acids is 1. The molecule has 0 amide bonds. The lowest BCUT2D eigenvalue weighted by atomic mass is 9.94. The number of rotatable bonds is 4. The fraction of sp³-hybridized carbons (Fsp3) is 0.143. The van der Waals surface area contributed by atoms with Crippen LogP contribution in [0.4, 0.5) is 0 Å². The number of hydrogen-bond acceptors (Lipinski definition) is 3. The van der Waals surface area contributed by atoms with E-state index in [0.29, 0.717) is 12.2 Å². The predicted octanol–water partition coefficient (Wildman–Crippen LogP) is 2.28. The molecule has 0 saturated carbocycles. The summed E-state index contributed by atoms with van der Waals surface area (Å²) in [6.45, 7) is 0. The van der Waals surface area contributed by atoms with E-state index in [0.717, 1.165) is 5.22 Å². The molecule has 4 heteroatoms. The van der Waals surface area contributed by atoms with E-state index >= 15 is 0 Å². The number of carboxylic acid groups (broad SMARTS) is 1. The molecule has 2 aliphatic carbocycles. The van der Waals surface area contributed by atoms with Crippen LogP contribution in [0.3, 0.4) is 0 Å². The molecule has 0 saturated heterocycles. The van der Waals surface area contributed by atoms with Gasteiger partial charge in [-0.3, -0.25) is 9.59 Å². The van der Waals surface area contributed by atoms with E-state index < -0.39 is 11.9 Å². The van der Waals surface area contributed by atoms with Crippen molar-refractivity contribution < 1.29 is 19.4 Å². The lowest BCUT2D eigenvalue weighted by Gasteiger charge is -2.14.